The molecule has 2 unspecified atom stereocenters. The topological polar surface area (TPSA) is 240 Å². The highest BCUT2D eigenvalue weighted by molar-refractivity contribution is 5.95. The molecule has 0 radical (unpaired) electrons. The summed E-state index contributed by atoms with van der Waals surface area (Å²) >= 11 is 0. The molecule has 17 nitrogen and oxygen atoms in total. The second kappa shape index (κ2) is 16.7. The first-order valence-corrected chi connectivity index (χ1v) is 20.3. The summed E-state index contributed by atoms with van der Waals surface area (Å²) < 4.78 is 40.4. The van der Waals surface area contributed by atoms with Gasteiger partial charge in [-0.2, -0.15) is 0 Å². The van der Waals surface area contributed by atoms with Crippen molar-refractivity contribution < 1.29 is 77.2 Å². The van der Waals surface area contributed by atoms with Crippen molar-refractivity contribution in [2.45, 2.75) is 128 Å². The molecule has 17 heteroatoms. The van der Waals surface area contributed by atoms with Gasteiger partial charge in [-0.05, 0) is 63.5 Å². The molecule has 2 aromatic carbocycles. The third kappa shape index (κ3) is 7.95. The molecular weight excluding hydrogens is 810 g/mol. The molecule has 2 saturated carbocycles. The van der Waals surface area contributed by atoms with Crippen molar-refractivity contribution in [3.05, 3.63) is 82.9 Å². The predicted octanol–water partition coefficient (Wildman–Crippen LogP) is 4.05. The smallest absolute Gasteiger partial charge is 0.456 e. The van der Waals surface area contributed by atoms with Gasteiger partial charge in [0, 0.05) is 25.2 Å². The fraction of sp³-hybridized carbons (Fsp3) is 0.556. The van der Waals surface area contributed by atoms with Crippen LogP contribution in [0.3, 0.4) is 0 Å². The average Bonchev–Trinajstić information content (AvgIpc) is 3.20. The maximum atomic E-state index is 15.5. The summed E-state index contributed by atoms with van der Waals surface area (Å²) in [5.41, 5.74) is -8.63. The van der Waals surface area contributed by atoms with Crippen molar-refractivity contribution in [1.29, 1.82) is 0 Å². The Kier molecular flexibility index (Phi) is 12.5. The van der Waals surface area contributed by atoms with E-state index >= 15 is 4.79 Å². The van der Waals surface area contributed by atoms with Gasteiger partial charge in [-0.25, -0.2) is 19.2 Å². The Morgan fingerprint density at radius 1 is 0.935 bits per heavy atom. The molecule has 3 fully saturated rings. The molecule has 3 aliphatic carbocycles. The quantitative estimate of drug-likeness (QED) is 0.158. The number of nitrogens with one attached hydrogen (secondary N) is 1. The minimum absolute atomic E-state index is 0.0345. The Hall–Kier alpha value is -5.36. The number of Topliss-reactive ketones (excluding diaryl/α,β-unsaturated/α-hetero) is 1. The number of amides is 1. The number of aliphatic hydroxyl groups is 3. The number of carbonyl (C=O) groups is 6. The van der Waals surface area contributed by atoms with Crippen LogP contribution in [0.1, 0.15) is 90.2 Å². The van der Waals surface area contributed by atoms with E-state index in [1.807, 2.05) is 0 Å². The molecule has 0 spiro atoms. The van der Waals surface area contributed by atoms with E-state index < -0.39 is 119 Å². The number of fused-ring (bicyclic) bond motifs is 5. The van der Waals surface area contributed by atoms with Gasteiger partial charge in [0.15, 0.2) is 23.6 Å². The summed E-state index contributed by atoms with van der Waals surface area (Å²) in [5.74, 6) is -5.69. The molecule has 336 valence electrons. The third-order valence-electron chi connectivity index (χ3n) is 12.9. The lowest BCUT2D eigenvalue weighted by molar-refractivity contribution is -0.344. The Morgan fingerprint density at radius 2 is 1.55 bits per heavy atom. The van der Waals surface area contributed by atoms with Crippen LogP contribution < -0.4 is 5.32 Å². The molecule has 62 heavy (non-hydrogen) atoms. The first-order valence-electron chi connectivity index (χ1n) is 20.3. The number of ether oxygens (including phenoxy) is 7. The lowest BCUT2D eigenvalue weighted by Gasteiger charge is -2.67. The van der Waals surface area contributed by atoms with Crippen LogP contribution in [0.15, 0.2) is 71.8 Å². The Labute approximate surface area is 359 Å². The van der Waals surface area contributed by atoms with Crippen LogP contribution in [0.5, 0.6) is 0 Å². The van der Waals surface area contributed by atoms with E-state index in [-0.39, 0.29) is 29.7 Å². The summed E-state index contributed by atoms with van der Waals surface area (Å²) in [6.45, 7) is 11.5. The number of hydrogen-bond acceptors (Lipinski definition) is 16. The van der Waals surface area contributed by atoms with Gasteiger partial charge in [-0.1, -0.05) is 62.4 Å². The zero-order valence-corrected chi connectivity index (χ0v) is 36.2. The monoisotopic (exact) mass is 865 g/mol. The van der Waals surface area contributed by atoms with E-state index in [2.05, 4.69) is 5.32 Å². The summed E-state index contributed by atoms with van der Waals surface area (Å²) in [7, 11) is 1.06. The van der Waals surface area contributed by atoms with E-state index in [1.165, 1.54) is 39.8 Å². The van der Waals surface area contributed by atoms with E-state index in [0.717, 1.165) is 14.0 Å². The summed E-state index contributed by atoms with van der Waals surface area (Å²) in [5, 5.41) is 40.0. The highest BCUT2D eigenvalue weighted by atomic mass is 16.8. The van der Waals surface area contributed by atoms with Gasteiger partial charge in [0.05, 0.1) is 42.8 Å². The molecular formula is C45H55NO16. The van der Waals surface area contributed by atoms with E-state index in [0.29, 0.717) is 5.56 Å². The molecule has 0 aromatic heterocycles. The van der Waals surface area contributed by atoms with E-state index in [9.17, 15) is 39.3 Å². The number of ketones is 1. The molecule has 2 bridgehead atoms. The predicted molar refractivity (Wildman–Crippen MR) is 215 cm³/mol. The fourth-order valence-electron chi connectivity index (χ4n) is 9.73. The largest absolute Gasteiger partial charge is 0.508 e. The first kappa shape index (κ1) is 46.2. The Balaban J connectivity index is 1.54. The molecule has 1 heterocycles. The fourth-order valence-corrected chi connectivity index (χ4v) is 9.73. The molecule has 4 N–H and O–H groups in total. The zero-order valence-electron chi connectivity index (χ0n) is 36.2. The van der Waals surface area contributed by atoms with E-state index in [4.69, 9.17) is 33.2 Å². The lowest BCUT2D eigenvalue weighted by atomic mass is 9.44. The van der Waals surface area contributed by atoms with Gasteiger partial charge in [0.25, 0.3) is 0 Å². The van der Waals surface area contributed by atoms with Gasteiger partial charge < -0.3 is 53.8 Å². The van der Waals surface area contributed by atoms with Gasteiger partial charge in [0.1, 0.15) is 29.5 Å². The molecule has 11 atom stereocenters. The SMILES string of the molecule is COC(=O)O[C@@]12COC1C[C@H](O)[C@@]1(C)C(=O)[C@H](OC(C)=O)C3=C(C)[C@@H](OC(=O)[C@H](O)[C@@H](NC(=O)OC(C)(C)C)c4ccccc4)C[C@@](O)([C@@H](OC(=O)c4ccccc4)C21)C3(C)C. The Morgan fingerprint density at radius 3 is 2.10 bits per heavy atom. The Bertz CT molecular complexity index is 2120. The number of hydrogen-bond donors (Lipinski definition) is 4. The minimum atomic E-state index is -2.44. The summed E-state index contributed by atoms with van der Waals surface area (Å²) in [4.78, 5) is 83.1. The van der Waals surface area contributed by atoms with Crippen LogP contribution in [-0.4, -0.2) is 118 Å². The summed E-state index contributed by atoms with van der Waals surface area (Å²) in [6, 6.07) is 14.4. The molecule has 1 saturated heterocycles. The van der Waals surface area contributed by atoms with Crippen molar-refractivity contribution in [3.8, 4) is 0 Å². The van der Waals surface area contributed by atoms with Crippen molar-refractivity contribution in [1.82, 2.24) is 5.32 Å². The van der Waals surface area contributed by atoms with Crippen LogP contribution in [0.4, 0.5) is 9.59 Å². The maximum absolute atomic E-state index is 15.5. The first-order chi connectivity index (χ1) is 28.9. The number of methoxy groups -OCH3 is 1. The lowest BCUT2D eigenvalue weighted by Crippen LogP contribution is -2.82. The third-order valence-corrected chi connectivity index (χ3v) is 12.9. The normalized spacial score (nSPS) is 32.1. The highest BCUT2D eigenvalue weighted by Gasteiger charge is 2.78. The number of carbonyl (C=O) groups excluding carboxylic acids is 6. The number of benzene rings is 2. The van der Waals surface area contributed by atoms with Gasteiger partial charge in [-0.3, -0.25) is 9.59 Å². The standard InChI is InChI=1S/C45H55NO16/c1-23-27(59-38(52)32(49)31(25-16-12-10-13-17-25)46-39(53)61-41(3,4)5)21-45(55)36(60-37(51)26-18-14-11-15-19-26)34-43(8,35(50)33(58-24(2)47)30(23)42(45,6)7)28(48)20-29-44(34,22-57-29)62-40(54)56-9/h10-19,27-29,31-34,36,48-49,55H,20-22H2,1-9H3,(H,46,53)/t27-,28-,29?,31-,32+,33+,34?,36-,43+,44-,45+/m0/s1. The van der Waals surface area contributed by atoms with Crippen LogP contribution >= 0.6 is 0 Å². The van der Waals surface area contributed by atoms with Crippen molar-refractivity contribution in [3.63, 3.8) is 0 Å². The maximum Gasteiger partial charge on any atom is 0.508 e. The minimum Gasteiger partial charge on any atom is -0.456 e. The van der Waals surface area contributed by atoms with Crippen molar-refractivity contribution in [2.24, 2.45) is 16.7 Å². The number of rotatable bonds is 9. The molecule has 4 aliphatic rings. The molecule has 6 rings (SSSR count). The second-order valence-corrected chi connectivity index (χ2v) is 18.1. The van der Waals surface area contributed by atoms with Gasteiger partial charge in [0.2, 0.25) is 0 Å². The van der Waals surface area contributed by atoms with Crippen LogP contribution in [0.25, 0.3) is 0 Å². The second-order valence-electron chi connectivity index (χ2n) is 18.1. The van der Waals surface area contributed by atoms with Crippen LogP contribution in [0, 0.1) is 16.7 Å². The molecule has 2 aromatic rings. The van der Waals surface area contributed by atoms with Gasteiger partial charge >= 0.3 is 30.2 Å². The van der Waals surface area contributed by atoms with E-state index in [1.54, 1.807) is 69.3 Å². The van der Waals surface area contributed by atoms with Crippen LogP contribution in [0.2, 0.25) is 0 Å². The van der Waals surface area contributed by atoms with Crippen molar-refractivity contribution in [2.75, 3.05) is 13.7 Å². The highest BCUT2D eigenvalue weighted by Crippen LogP contribution is 2.64. The average molecular weight is 866 g/mol. The van der Waals surface area contributed by atoms with Crippen LogP contribution in [-0.2, 0) is 47.5 Å². The van der Waals surface area contributed by atoms with Crippen molar-refractivity contribution >= 4 is 35.9 Å². The summed E-state index contributed by atoms with van der Waals surface area (Å²) in [6.07, 6.45) is -13.1. The molecule has 1 amide bonds. The number of esters is 3. The van der Waals surface area contributed by atoms with Gasteiger partial charge in [-0.15, -0.1) is 0 Å². The zero-order chi connectivity index (χ0) is 45.7. The molecule has 1 aliphatic heterocycles. The number of aliphatic hydroxyl groups excluding tert-OH is 2. The number of alkyl carbamates (subject to hydrolysis) is 1.